The summed E-state index contributed by atoms with van der Waals surface area (Å²) in [5, 5.41) is 3.55. The Kier molecular flexibility index (Phi) is 5.79. The molecule has 1 rings (SSSR count). The van der Waals surface area contributed by atoms with Crippen molar-refractivity contribution in [3.63, 3.8) is 0 Å². The van der Waals surface area contributed by atoms with E-state index in [-0.39, 0.29) is 0 Å². The van der Waals surface area contributed by atoms with Gasteiger partial charge in [-0.15, -0.1) is 6.58 Å². The Hall–Kier alpha value is -1.08. The molecule has 0 heterocycles. The van der Waals surface area contributed by atoms with Crippen molar-refractivity contribution in [2.75, 3.05) is 6.54 Å². The van der Waals surface area contributed by atoms with Gasteiger partial charge in [-0.1, -0.05) is 43.3 Å². The highest BCUT2D eigenvalue weighted by Crippen LogP contribution is 2.06. The van der Waals surface area contributed by atoms with Crippen LogP contribution in [0.3, 0.4) is 0 Å². The number of rotatable bonds is 7. The zero-order valence-corrected chi connectivity index (χ0v) is 9.58. The summed E-state index contributed by atoms with van der Waals surface area (Å²) in [7, 11) is 0. The molecule has 0 bridgehead atoms. The number of benzene rings is 1. The molecule has 1 nitrogen and oxygen atoms in total. The van der Waals surface area contributed by atoms with Crippen molar-refractivity contribution in [1.82, 2.24) is 5.32 Å². The van der Waals surface area contributed by atoms with Gasteiger partial charge in [-0.05, 0) is 31.4 Å². The van der Waals surface area contributed by atoms with Gasteiger partial charge in [0.25, 0.3) is 0 Å². The fourth-order valence-corrected chi connectivity index (χ4v) is 1.69. The van der Waals surface area contributed by atoms with Gasteiger partial charge in [-0.3, -0.25) is 0 Å². The van der Waals surface area contributed by atoms with Gasteiger partial charge < -0.3 is 5.32 Å². The average Bonchev–Trinajstić information content (AvgIpc) is 2.28. The zero-order chi connectivity index (χ0) is 10.9. The summed E-state index contributed by atoms with van der Waals surface area (Å²) >= 11 is 0. The lowest BCUT2D eigenvalue weighted by atomic mass is 10.0. The van der Waals surface area contributed by atoms with Crippen molar-refractivity contribution in [2.24, 2.45) is 0 Å². The van der Waals surface area contributed by atoms with E-state index in [1.807, 2.05) is 6.08 Å². The van der Waals surface area contributed by atoms with Gasteiger partial charge in [-0.2, -0.15) is 0 Å². The minimum absolute atomic E-state index is 0.532. The molecule has 1 heteroatoms. The molecule has 82 valence electrons. The minimum atomic E-state index is 0.532. The SMILES string of the molecule is C=CCC(Cc1ccccc1)NCCC. The predicted octanol–water partition coefficient (Wildman–Crippen LogP) is 3.17. The second kappa shape index (κ2) is 7.24. The Morgan fingerprint density at radius 2 is 2.07 bits per heavy atom. The van der Waals surface area contributed by atoms with Crippen LogP contribution in [0, 0.1) is 0 Å². The molecule has 0 saturated heterocycles. The fraction of sp³-hybridized carbons (Fsp3) is 0.429. The van der Waals surface area contributed by atoms with Crippen molar-refractivity contribution >= 4 is 0 Å². The lowest BCUT2D eigenvalue weighted by Gasteiger charge is -2.16. The number of hydrogen-bond acceptors (Lipinski definition) is 1. The molecule has 1 aromatic carbocycles. The molecule has 0 radical (unpaired) electrons. The van der Waals surface area contributed by atoms with Crippen molar-refractivity contribution in [3.05, 3.63) is 48.6 Å². The predicted molar refractivity (Wildman–Crippen MR) is 67.0 cm³/mol. The van der Waals surface area contributed by atoms with E-state index in [1.54, 1.807) is 0 Å². The van der Waals surface area contributed by atoms with E-state index in [1.165, 1.54) is 12.0 Å². The Morgan fingerprint density at radius 3 is 2.67 bits per heavy atom. The third kappa shape index (κ3) is 4.80. The molecule has 1 N–H and O–H groups in total. The maximum atomic E-state index is 3.81. The Labute approximate surface area is 93.2 Å². The Morgan fingerprint density at radius 1 is 1.33 bits per heavy atom. The van der Waals surface area contributed by atoms with Crippen LogP contribution in [0.2, 0.25) is 0 Å². The van der Waals surface area contributed by atoms with Crippen molar-refractivity contribution in [2.45, 2.75) is 32.2 Å². The average molecular weight is 203 g/mol. The van der Waals surface area contributed by atoms with Crippen LogP contribution in [0.4, 0.5) is 0 Å². The second-order valence-corrected chi connectivity index (χ2v) is 3.87. The third-order valence-electron chi connectivity index (χ3n) is 2.46. The summed E-state index contributed by atoms with van der Waals surface area (Å²) in [6.45, 7) is 7.09. The van der Waals surface area contributed by atoms with Crippen LogP contribution in [-0.4, -0.2) is 12.6 Å². The van der Waals surface area contributed by atoms with Gasteiger partial charge >= 0.3 is 0 Å². The maximum Gasteiger partial charge on any atom is 0.0142 e. The van der Waals surface area contributed by atoms with E-state index in [9.17, 15) is 0 Å². The van der Waals surface area contributed by atoms with Crippen LogP contribution < -0.4 is 5.32 Å². The first-order valence-corrected chi connectivity index (χ1v) is 5.75. The molecule has 0 aliphatic rings. The molecular formula is C14H21N. The van der Waals surface area contributed by atoms with Crippen molar-refractivity contribution in [3.8, 4) is 0 Å². The molecule has 0 aromatic heterocycles. The van der Waals surface area contributed by atoms with Crippen LogP contribution in [0.1, 0.15) is 25.3 Å². The first kappa shape index (κ1) is 12.0. The Bertz CT molecular complexity index is 266. The largest absolute Gasteiger partial charge is 0.313 e. The van der Waals surface area contributed by atoms with Crippen LogP contribution in [0.5, 0.6) is 0 Å². The molecule has 1 unspecified atom stereocenters. The third-order valence-corrected chi connectivity index (χ3v) is 2.46. The minimum Gasteiger partial charge on any atom is -0.313 e. The molecule has 0 saturated carbocycles. The van der Waals surface area contributed by atoms with Gasteiger partial charge in [0.1, 0.15) is 0 Å². The normalized spacial score (nSPS) is 12.3. The lowest BCUT2D eigenvalue weighted by Crippen LogP contribution is -2.31. The van der Waals surface area contributed by atoms with E-state index in [2.05, 4.69) is 49.2 Å². The van der Waals surface area contributed by atoms with Gasteiger partial charge in [0.2, 0.25) is 0 Å². The molecule has 0 aliphatic carbocycles. The van der Waals surface area contributed by atoms with Crippen molar-refractivity contribution < 1.29 is 0 Å². The highest BCUT2D eigenvalue weighted by Gasteiger charge is 2.05. The van der Waals surface area contributed by atoms with Crippen LogP contribution in [0.15, 0.2) is 43.0 Å². The first-order valence-electron chi connectivity index (χ1n) is 5.75. The smallest absolute Gasteiger partial charge is 0.0142 e. The van der Waals surface area contributed by atoms with Crippen LogP contribution >= 0.6 is 0 Å². The van der Waals surface area contributed by atoms with E-state index < -0.39 is 0 Å². The highest BCUT2D eigenvalue weighted by molar-refractivity contribution is 5.16. The van der Waals surface area contributed by atoms with Gasteiger partial charge in [0.05, 0.1) is 0 Å². The monoisotopic (exact) mass is 203 g/mol. The molecule has 0 amide bonds. The van der Waals surface area contributed by atoms with E-state index in [0.717, 1.165) is 19.4 Å². The number of nitrogens with one attached hydrogen (secondary N) is 1. The zero-order valence-electron chi connectivity index (χ0n) is 9.58. The molecule has 0 spiro atoms. The second-order valence-electron chi connectivity index (χ2n) is 3.87. The highest BCUT2D eigenvalue weighted by atomic mass is 14.9. The van der Waals surface area contributed by atoms with Crippen molar-refractivity contribution in [1.29, 1.82) is 0 Å². The van der Waals surface area contributed by atoms with Gasteiger partial charge in [0.15, 0.2) is 0 Å². The summed E-state index contributed by atoms with van der Waals surface area (Å²) < 4.78 is 0. The van der Waals surface area contributed by atoms with Crippen LogP contribution in [0.25, 0.3) is 0 Å². The molecular weight excluding hydrogens is 182 g/mol. The topological polar surface area (TPSA) is 12.0 Å². The molecule has 1 atom stereocenters. The molecule has 0 aliphatic heterocycles. The summed E-state index contributed by atoms with van der Waals surface area (Å²) in [5.74, 6) is 0. The molecule has 1 aromatic rings. The van der Waals surface area contributed by atoms with E-state index >= 15 is 0 Å². The summed E-state index contributed by atoms with van der Waals surface area (Å²) in [6, 6.07) is 11.2. The van der Waals surface area contributed by atoms with Gasteiger partial charge in [-0.25, -0.2) is 0 Å². The maximum absolute atomic E-state index is 3.81. The fourth-order valence-electron chi connectivity index (χ4n) is 1.69. The molecule has 0 fully saturated rings. The summed E-state index contributed by atoms with van der Waals surface area (Å²) in [4.78, 5) is 0. The molecule has 15 heavy (non-hydrogen) atoms. The summed E-state index contributed by atoms with van der Waals surface area (Å²) in [6.07, 6.45) is 5.31. The quantitative estimate of drug-likeness (QED) is 0.671. The standard InChI is InChI=1S/C14H21N/c1-3-8-14(15-11-4-2)12-13-9-6-5-7-10-13/h3,5-7,9-10,14-15H,1,4,8,11-12H2,2H3. The van der Waals surface area contributed by atoms with E-state index in [4.69, 9.17) is 0 Å². The Balaban J connectivity index is 2.46. The van der Waals surface area contributed by atoms with Gasteiger partial charge in [0, 0.05) is 6.04 Å². The van der Waals surface area contributed by atoms with Crippen LogP contribution in [-0.2, 0) is 6.42 Å². The van der Waals surface area contributed by atoms with E-state index in [0.29, 0.717) is 6.04 Å². The lowest BCUT2D eigenvalue weighted by molar-refractivity contribution is 0.512. The first-order chi connectivity index (χ1) is 7.36. The summed E-state index contributed by atoms with van der Waals surface area (Å²) in [5.41, 5.74) is 1.40. The number of hydrogen-bond donors (Lipinski definition) is 1.